The molecular weight excluding hydrogens is 270 g/mol. The summed E-state index contributed by atoms with van der Waals surface area (Å²) in [4.78, 5) is 23.6. The van der Waals surface area contributed by atoms with Crippen molar-refractivity contribution in [2.24, 2.45) is 11.7 Å². The van der Waals surface area contributed by atoms with Crippen LogP contribution in [0.5, 0.6) is 5.75 Å². The Labute approximate surface area is 124 Å². The van der Waals surface area contributed by atoms with Gasteiger partial charge in [0.1, 0.15) is 5.75 Å². The van der Waals surface area contributed by atoms with Crippen molar-refractivity contribution in [3.8, 4) is 5.75 Å². The van der Waals surface area contributed by atoms with Gasteiger partial charge in [-0.15, -0.1) is 0 Å². The van der Waals surface area contributed by atoms with Crippen molar-refractivity contribution in [2.75, 3.05) is 19.0 Å². The Balaban J connectivity index is 2.15. The van der Waals surface area contributed by atoms with E-state index in [2.05, 4.69) is 17.6 Å². The maximum Gasteiger partial charge on any atom is 0.248 e. The number of benzene rings is 1. The molecule has 4 N–H and O–H groups in total. The van der Waals surface area contributed by atoms with Crippen LogP contribution in [0.1, 0.15) is 30.1 Å². The lowest BCUT2D eigenvalue weighted by molar-refractivity contribution is -0.120. The number of hydrogen-bond acceptors (Lipinski definition) is 4. The van der Waals surface area contributed by atoms with Crippen molar-refractivity contribution in [2.45, 2.75) is 25.8 Å². The van der Waals surface area contributed by atoms with Gasteiger partial charge in [0.2, 0.25) is 11.8 Å². The van der Waals surface area contributed by atoms with Crippen molar-refractivity contribution in [1.29, 1.82) is 0 Å². The van der Waals surface area contributed by atoms with Crippen LogP contribution >= 0.6 is 0 Å². The third kappa shape index (κ3) is 3.72. The molecular formula is C15H21N3O3. The predicted molar refractivity (Wildman–Crippen MR) is 80.3 cm³/mol. The Morgan fingerprint density at radius 2 is 2.19 bits per heavy atom. The highest BCUT2D eigenvalue weighted by atomic mass is 16.5. The molecule has 2 rings (SSSR count). The van der Waals surface area contributed by atoms with Gasteiger partial charge in [-0.1, -0.05) is 0 Å². The minimum Gasteiger partial charge on any atom is -0.495 e. The molecule has 6 nitrogen and oxygen atoms in total. The zero-order valence-electron chi connectivity index (χ0n) is 12.3. The number of carbonyl (C=O) groups is 2. The molecule has 2 amide bonds. The van der Waals surface area contributed by atoms with E-state index < -0.39 is 5.91 Å². The number of ether oxygens (including phenoxy) is 1. The van der Waals surface area contributed by atoms with Gasteiger partial charge in [-0.05, 0) is 44.5 Å². The average molecular weight is 291 g/mol. The molecule has 0 saturated carbocycles. The molecule has 114 valence electrons. The Hall–Kier alpha value is -2.08. The van der Waals surface area contributed by atoms with E-state index in [1.54, 1.807) is 18.2 Å². The summed E-state index contributed by atoms with van der Waals surface area (Å²) in [5.41, 5.74) is 6.08. The first kappa shape index (κ1) is 15.3. The van der Waals surface area contributed by atoms with E-state index in [-0.39, 0.29) is 11.8 Å². The lowest BCUT2D eigenvalue weighted by Gasteiger charge is -2.27. The SMILES string of the molecule is COc1ccc(C(N)=O)cc1NC(=O)C1CCNC(C)C1. The molecule has 2 atom stereocenters. The normalized spacial score (nSPS) is 21.6. The summed E-state index contributed by atoms with van der Waals surface area (Å²) in [5, 5.41) is 6.16. The van der Waals surface area contributed by atoms with Crippen LogP contribution in [0, 0.1) is 5.92 Å². The van der Waals surface area contributed by atoms with Crippen LogP contribution in [-0.4, -0.2) is 31.5 Å². The Kier molecular flexibility index (Phi) is 4.80. The molecule has 1 aliphatic heterocycles. The van der Waals surface area contributed by atoms with Gasteiger partial charge in [-0.2, -0.15) is 0 Å². The molecule has 0 radical (unpaired) electrons. The van der Waals surface area contributed by atoms with Crippen molar-refractivity contribution in [3.63, 3.8) is 0 Å². The molecule has 0 aliphatic carbocycles. The number of nitrogens with two attached hydrogens (primary N) is 1. The maximum atomic E-state index is 12.4. The molecule has 0 aromatic heterocycles. The van der Waals surface area contributed by atoms with Crippen molar-refractivity contribution in [3.05, 3.63) is 23.8 Å². The van der Waals surface area contributed by atoms with Crippen LogP contribution < -0.4 is 21.1 Å². The predicted octanol–water partition coefficient (Wildman–Crippen LogP) is 1.12. The first-order valence-corrected chi connectivity index (χ1v) is 7.03. The highest BCUT2D eigenvalue weighted by Crippen LogP contribution is 2.27. The smallest absolute Gasteiger partial charge is 0.248 e. The van der Waals surface area contributed by atoms with E-state index >= 15 is 0 Å². The van der Waals surface area contributed by atoms with E-state index in [0.29, 0.717) is 23.0 Å². The molecule has 1 saturated heterocycles. The number of nitrogens with one attached hydrogen (secondary N) is 2. The molecule has 2 unspecified atom stereocenters. The Morgan fingerprint density at radius 1 is 1.43 bits per heavy atom. The zero-order valence-corrected chi connectivity index (χ0v) is 12.3. The van der Waals surface area contributed by atoms with E-state index in [9.17, 15) is 9.59 Å². The fourth-order valence-electron chi connectivity index (χ4n) is 2.56. The van der Waals surface area contributed by atoms with Crippen molar-refractivity contribution < 1.29 is 14.3 Å². The maximum absolute atomic E-state index is 12.4. The highest BCUT2D eigenvalue weighted by molar-refractivity contribution is 5.98. The number of amides is 2. The monoisotopic (exact) mass is 291 g/mol. The molecule has 21 heavy (non-hydrogen) atoms. The zero-order chi connectivity index (χ0) is 15.4. The summed E-state index contributed by atoms with van der Waals surface area (Å²) in [5.74, 6) is -0.120. The first-order chi connectivity index (χ1) is 10.0. The second-order valence-electron chi connectivity index (χ2n) is 5.35. The van der Waals surface area contributed by atoms with E-state index in [1.165, 1.54) is 7.11 Å². The molecule has 1 heterocycles. The second-order valence-corrected chi connectivity index (χ2v) is 5.35. The molecule has 1 fully saturated rings. The van der Waals surface area contributed by atoms with E-state index in [1.807, 2.05) is 0 Å². The van der Waals surface area contributed by atoms with Crippen LogP contribution in [0.3, 0.4) is 0 Å². The minimum absolute atomic E-state index is 0.0387. The summed E-state index contributed by atoms with van der Waals surface area (Å²) in [6, 6.07) is 5.07. The van der Waals surface area contributed by atoms with Gasteiger partial charge in [0, 0.05) is 17.5 Å². The number of piperidine rings is 1. The van der Waals surface area contributed by atoms with Gasteiger partial charge in [0.15, 0.2) is 0 Å². The number of primary amides is 1. The molecule has 1 aromatic carbocycles. The van der Waals surface area contributed by atoms with Gasteiger partial charge in [-0.25, -0.2) is 0 Å². The van der Waals surface area contributed by atoms with E-state index in [0.717, 1.165) is 19.4 Å². The summed E-state index contributed by atoms with van der Waals surface area (Å²) < 4.78 is 5.21. The highest BCUT2D eigenvalue weighted by Gasteiger charge is 2.25. The number of anilines is 1. The quantitative estimate of drug-likeness (QED) is 0.775. The summed E-state index contributed by atoms with van der Waals surface area (Å²) in [7, 11) is 1.52. The third-order valence-electron chi connectivity index (χ3n) is 3.74. The van der Waals surface area contributed by atoms with Gasteiger partial charge >= 0.3 is 0 Å². The molecule has 6 heteroatoms. The standard InChI is InChI=1S/C15H21N3O3/c1-9-7-11(5-6-17-9)15(20)18-12-8-10(14(16)19)3-4-13(12)21-2/h3-4,8-9,11,17H,5-7H2,1-2H3,(H2,16,19)(H,18,20). The minimum atomic E-state index is -0.538. The number of hydrogen-bond donors (Lipinski definition) is 3. The fourth-order valence-corrected chi connectivity index (χ4v) is 2.56. The third-order valence-corrected chi connectivity index (χ3v) is 3.74. The Morgan fingerprint density at radius 3 is 2.81 bits per heavy atom. The average Bonchev–Trinajstić information content (AvgIpc) is 2.47. The summed E-state index contributed by atoms with van der Waals surface area (Å²) in [6.07, 6.45) is 1.59. The molecule has 0 bridgehead atoms. The number of methoxy groups -OCH3 is 1. The lowest BCUT2D eigenvalue weighted by atomic mass is 9.92. The van der Waals surface area contributed by atoms with Gasteiger partial charge in [0.25, 0.3) is 0 Å². The summed E-state index contributed by atoms with van der Waals surface area (Å²) in [6.45, 7) is 2.89. The first-order valence-electron chi connectivity index (χ1n) is 7.03. The summed E-state index contributed by atoms with van der Waals surface area (Å²) >= 11 is 0. The van der Waals surface area contributed by atoms with Crippen LogP contribution in [0.4, 0.5) is 5.69 Å². The number of rotatable bonds is 4. The van der Waals surface area contributed by atoms with Crippen LogP contribution in [-0.2, 0) is 4.79 Å². The molecule has 1 aromatic rings. The van der Waals surface area contributed by atoms with E-state index in [4.69, 9.17) is 10.5 Å². The fraction of sp³-hybridized carbons (Fsp3) is 0.467. The molecule has 1 aliphatic rings. The topological polar surface area (TPSA) is 93.4 Å². The van der Waals surface area contributed by atoms with Gasteiger partial charge in [0.05, 0.1) is 12.8 Å². The largest absolute Gasteiger partial charge is 0.495 e. The van der Waals surface area contributed by atoms with Gasteiger partial charge < -0.3 is 21.1 Å². The van der Waals surface area contributed by atoms with Crippen LogP contribution in [0.25, 0.3) is 0 Å². The van der Waals surface area contributed by atoms with Crippen LogP contribution in [0.2, 0.25) is 0 Å². The second kappa shape index (κ2) is 6.58. The lowest BCUT2D eigenvalue weighted by Crippen LogP contribution is -2.40. The number of carbonyl (C=O) groups excluding carboxylic acids is 2. The van der Waals surface area contributed by atoms with Crippen molar-refractivity contribution >= 4 is 17.5 Å². The van der Waals surface area contributed by atoms with Crippen LogP contribution in [0.15, 0.2) is 18.2 Å². The Bertz CT molecular complexity index is 545. The van der Waals surface area contributed by atoms with Gasteiger partial charge in [-0.3, -0.25) is 9.59 Å². The van der Waals surface area contributed by atoms with Crippen molar-refractivity contribution in [1.82, 2.24) is 5.32 Å². The molecule has 0 spiro atoms.